The molecule has 2 aromatic carbocycles. The zero-order chi connectivity index (χ0) is 13.0. The van der Waals surface area contributed by atoms with Gasteiger partial charge < -0.3 is 0 Å². The highest BCUT2D eigenvalue weighted by Crippen LogP contribution is 2.28. The molecule has 0 heterocycles. The first-order chi connectivity index (χ1) is 8.70. The summed E-state index contributed by atoms with van der Waals surface area (Å²) >= 11 is 0. The number of hydrogen-bond donors (Lipinski definition) is 0. The van der Waals surface area contributed by atoms with E-state index < -0.39 is 0 Å². The summed E-state index contributed by atoms with van der Waals surface area (Å²) < 4.78 is 0. The predicted molar refractivity (Wildman–Crippen MR) is 77.6 cm³/mol. The van der Waals surface area contributed by atoms with E-state index in [0.29, 0.717) is 12.1 Å². The molecule has 0 amide bonds. The third-order valence-corrected chi connectivity index (χ3v) is 3.45. The summed E-state index contributed by atoms with van der Waals surface area (Å²) in [6.45, 7) is 4.47. The highest BCUT2D eigenvalue weighted by atomic mass is 15.1. The second kappa shape index (κ2) is 5.83. The normalized spacial score (nSPS) is 11.4. The average Bonchev–Trinajstić information content (AvgIpc) is 2.41. The molecule has 2 rings (SSSR count). The van der Waals surface area contributed by atoms with Crippen LogP contribution in [0.5, 0.6) is 0 Å². The molecule has 18 heavy (non-hydrogen) atoms. The van der Waals surface area contributed by atoms with Gasteiger partial charge in [0.05, 0.1) is 6.04 Å². The van der Waals surface area contributed by atoms with E-state index in [1.54, 1.807) is 0 Å². The number of rotatable bonds is 4. The summed E-state index contributed by atoms with van der Waals surface area (Å²) in [7, 11) is 2.19. The molecule has 1 nitrogen and oxygen atoms in total. The van der Waals surface area contributed by atoms with Gasteiger partial charge in [0.2, 0.25) is 0 Å². The molecule has 0 unspecified atom stereocenters. The van der Waals surface area contributed by atoms with Crippen molar-refractivity contribution in [1.82, 2.24) is 4.90 Å². The zero-order valence-electron chi connectivity index (χ0n) is 11.4. The van der Waals surface area contributed by atoms with Crippen LogP contribution in [0.2, 0.25) is 0 Å². The second-order valence-corrected chi connectivity index (χ2v) is 4.98. The molecular weight excluding hydrogens is 218 g/mol. The first-order valence-corrected chi connectivity index (χ1v) is 6.52. The molecule has 0 atom stereocenters. The maximum Gasteiger partial charge on any atom is 0.0601 e. The largest absolute Gasteiger partial charge is 0.293 e. The van der Waals surface area contributed by atoms with Gasteiger partial charge in [0, 0.05) is 6.04 Å². The minimum Gasteiger partial charge on any atom is -0.293 e. The van der Waals surface area contributed by atoms with E-state index in [-0.39, 0.29) is 0 Å². The van der Waals surface area contributed by atoms with Crippen LogP contribution in [0.25, 0.3) is 0 Å². The van der Waals surface area contributed by atoms with Crippen LogP contribution in [0.1, 0.15) is 31.0 Å². The van der Waals surface area contributed by atoms with Gasteiger partial charge in [-0.25, -0.2) is 0 Å². The van der Waals surface area contributed by atoms with Crippen LogP contribution in [0.3, 0.4) is 0 Å². The number of hydrogen-bond acceptors (Lipinski definition) is 1. The van der Waals surface area contributed by atoms with Crippen molar-refractivity contribution in [2.75, 3.05) is 7.05 Å². The van der Waals surface area contributed by atoms with E-state index in [9.17, 15) is 0 Å². The van der Waals surface area contributed by atoms with E-state index >= 15 is 0 Å². The average molecular weight is 239 g/mol. The van der Waals surface area contributed by atoms with Crippen molar-refractivity contribution in [3.05, 3.63) is 71.8 Å². The Morgan fingerprint density at radius 3 is 1.44 bits per heavy atom. The minimum absolute atomic E-state index is 0.326. The Hall–Kier alpha value is -1.60. The molecule has 94 valence electrons. The Balaban J connectivity index is 2.42. The van der Waals surface area contributed by atoms with E-state index in [0.717, 1.165) is 0 Å². The SMILES string of the molecule is CC(C)N(C)C(c1ccccc1)c1ccccc1. The lowest BCUT2D eigenvalue weighted by Crippen LogP contribution is -2.31. The van der Waals surface area contributed by atoms with Crippen molar-refractivity contribution in [2.24, 2.45) is 0 Å². The fourth-order valence-electron chi connectivity index (χ4n) is 2.23. The van der Waals surface area contributed by atoms with Crippen LogP contribution in [-0.2, 0) is 0 Å². The van der Waals surface area contributed by atoms with Crippen LogP contribution >= 0.6 is 0 Å². The Morgan fingerprint density at radius 1 is 0.722 bits per heavy atom. The first kappa shape index (κ1) is 12.8. The van der Waals surface area contributed by atoms with Crippen LogP contribution in [0.15, 0.2) is 60.7 Å². The lowest BCUT2D eigenvalue weighted by Gasteiger charge is -2.32. The Labute approximate surface area is 110 Å². The minimum atomic E-state index is 0.326. The highest BCUT2D eigenvalue weighted by Gasteiger charge is 2.20. The van der Waals surface area contributed by atoms with Gasteiger partial charge >= 0.3 is 0 Å². The van der Waals surface area contributed by atoms with E-state index in [4.69, 9.17) is 0 Å². The molecule has 0 N–H and O–H groups in total. The monoisotopic (exact) mass is 239 g/mol. The quantitative estimate of drug-likeness (QED) is 0.776. The van der Waals surface area contributed by atoms with Crippen molar-refractivity contribution in [3.63, 3.8) is 0 Å². The summed E-state index contributed by atoms with van der Waals surface area (Å²) in [4.78, 5) is 2.41. The standard InChI is InChI=1S/C17H21N/c1-14(2)18(3)17(15-10-6-4-7-11-15)16-12-8-5-9-13-16/h4-14,17H,1-3H3. The molecule has 0 spiro atoms. The summed E-state index contributed by atoms with van der Waals surface area (Å²) in [5.41, 5.74) is 2.69. The van der Waals surface area contributed by atoms with Gasteiger partial charge in [-0.2, -0.15) is 0 Å². The molecule has 0 bridgehead atoms. The molecule has 0 aliphatic rings. The number of benzene rings is 2. The third kappa shape index (κ3) is 2.80. The molecule has 0 aliphatic carbocycles. The molecule has 0 fully saturated rings. The van der Waals surface area contributed by atoms with Crippen LogP contribution in [-0.4, -0.2) is 18.0 Å². The summed E-state index contributed by atoms with van der Waals surface area (Å²) in [6.07, 6.45) is 0. The van der Waals surface area contributed by atoms with Gasteiger partial charge in [-0.05, 0) is 32.0 Å². The Bertz CT molecular complexity index is 422. The Kier molecular flexibility index (Phi) is 4.16. The van der Waals surface area contributed by atoms with Gasteiger partial charge in [-0.15, -0.1) is 0 Å². The molecule has 2 aromatic rings. The van der Waals surface area contributed by atoms with E-state index in [1.807, 2.05) is 0 Å². The topological polar surface area (TPSA) is 3.24 Å². The lowest BCUT2D eigenvalue weighted by atomic mass is 9.96. The lowest BCUT2D eigenvalue weighted by molar-refractivity contribution is 0.225. The van der Waals surface area contributed by atoms with Gasteiger partial charge in [-0.3, -0.25) is 4.90 Å². The van der Waals surface area contributed by atoms with Crippen molar-refractivity contribution in [2.45, 2.75) is 25.9 Å². The Morgan fingerprint density at radius 2 is 1.11 bits per heavy atom. The molecule has 0 saturated heterocycles. The van der Waals surface area contributed by atoms with Gasteiger partial charge in [0.15, 0.2) is 0 Å². The maximum absolute atomic E-state index is 2.41. The van der Waals surface area contributed by atoms with Crippen LogP contribution in [0, 0.1) is 0 Å². The predicted octanol–water partition coefficient (Wildman–Crippen LogP) is 4.12. The van der Waals surface area contributed by atoms with Gasteiger partial charge in [0.25, 0.3) is 0 Å². The fourth-order valence-corrected chi connectivity index (χ4v) is 2.23. The van der Waals surface area contributed by atoms with Crippen molar-refractivity contribution < 1.29 is 0 Å². The molecule has 0 saturated carbocycles. The van der Waals surface area contributed by atoms with Crippen LogP contribution in [0.4, 0.5) is 0 Å². The third-order valence-electron chi connectivity index (χ3n) is 3.45. The second-order valence-electron chi connectivity index (χ2n) is 4.98. The van der Waals surface area contributed by atoms with Gasteiger partial charge in [0.1, 0.15) is 0 Å². The fraction of sp³-hybridized carbons (Fsp3) is 0.294. The molecular formula is C17H21N. The van der Waals surface area contributed by atoms with Crippen molar-refractivity contribution in [3.8, 4) is 0 Å². The molecule has 0 radical (unpaired) electrons. The van der Waals surface area contributed by atoms with E-state index in [2.05, 4.69) is 86.5 Å². The summed E-state index contributed by atoms with van der Waals surface area (Å²) in [6, 6.07) is 22.2. The smallest absolute Gasteiger partial charge is 0.0601 e. The maximum atomic E-state index is 2.41. The summed E-state index contributed by atoms with van der Waals surface area (Å²) in [5, 5.41) is 0. The molecule has 0 aromatic heterocycles. The van der Waals surface area contributed by atoms with Gasteiger partial charge in [-0.1, -0.05) is 60.7 Å². The van der Waals surface area contributed by atoms with Crippen molar-refractivity contribution in [1.29, 1.82) is 0 Å². The highest BCUT2D eigenvalue weighted by molar-refractivity contribution is 5.31. The number of nitrogens with zero attached hydrogens (tertiary/aromatic N) is 1. The zero-order valence-corrected chi connectivity index (χ0v) is 11.4. The first-order valence-electron chi connectivity index (χ1n) is 6.52. The van der Waals surface area contributed by atoms with Crippen LogP contribution < -0.4 is 0 Å². The molecule has 0 aliphatic heterocycles. The molecule has 1 heteroatoms. The van der Waals surface area contributed by atoms with Crippen molar-refractivity contribution >= 4 is 0 Å². The summed E-state index contributed by atoms with van der Waals surface area (Å²) in [5.74, 6) is 0. The van der Waals surface area contributed by atoms with E-state index in [1.165, 1.54) is 11.1 Å².